The van der Waals surface area contributed by atoms with Crippen LogP contribution < -0.4 is 14.5 Å². The minimum atomic E-state index is -0.106. The predicted octanol–water partition coefficient (Wildman–Crippen LogP) is 17.7. The first kappa shape index (κ1) is 46.5. The molecule has 0 saturated heterocycles. The maximum atomic E-state index is 6.90. The first-order valence-electron chi connectivity index (χ1n) is 25.8. The number of pyridine rings is 2. The van der Waals surface area contributed by atoms with Crippen LogP contribution in [0.4, 0.5) is 22.7 Å². The van der Waals surface area contributed by atoms with Crippen LogP contribution in [-0.4, -0.2) is 19.1 Å². The molecule has 0 spiro atoms. The molecule has 7 nitrogen and oxygen atoms in total. The summed E-state index contributed by atoms with van der Waals surface area (Å²) in [5.74, 6) is 1.95. The Labute approximate surface area is 461 Å². The molecule has 9 aromatic carbocycles. The van der Waals surface area contributed by atoms with Crippen molar-refractivity contribution in [1.29, 1.82) is 0 Å². The van der Waals surface area contributed by atoms with Crippen molar-refractivity contribution in [2.75, 3.05) is 9.80 Å². The second-order valence-corrected chi connectivity index (χ2v) is 20.7. The van der Waals surface area contributed by atoms with Crippen molar-refractivity contribution in [3.05, 3.63) is 249 Å². The van der Waals surface area contributed by atoms with Crippen LogP contribution in [0.15, 0.2) is 225 Å². The van der Waals surface area contributed by atoms with E-state index in [1.807, 2.05) is 36.7 Å². The Morgan fingerprint density at radius 3 is 1.90 bits per heavy atom. The molecule has 0 radical (unpaired) electrons. The summed E-state index contributed by atoms with van der Waals surface area (Å²) in [5.41, 5.74) is 19.4. The van der Waals surface area contributed by atoms with E-state index in [1.165, 1.54) is 22.1 Å². The molecular weight excluding hydrogens is 1120 g/mol. The zero-order chi connectivity index (χ0) is 50.6. The molecule has 0 fully saturated rings. The predicted molar refractivity (Wildman–Crippen MR) is 310 cm³/mol. The standard InChI is InChI=1S/C69H47N6O.Pt/c1-69(2,3)46-37-39-70-63(40-46)74-60-35-36-61-64(53-25-11-10-24-52(53)54-28-16-29-55-56-30-17-38-71-68(56)75(61)67(54)55)65(60)57-34-33-49(42-62(57)74)76-48-23-14-22-47(41-48)72-43-73(59-32-13-12-31-58(59)72)66-50(44-18-6-4-7-19-44)26-15-27-51(66)45-20-8-5-9-21-45;/h4-40,43H,1-3H3;/q-3;. The smallest absolute Gasteiger partial charge is 0.145 e. The molecule has 4 aromatic heterocycles. The molecular formula is C69H47N6OPt-3. The quantitative estimate of drug-likeness (QED) is 0.149. The number of aromatic nitrogens is 4. The molecule has 8 heteroatoms. The van der Waals surface area contributed by atoms with Crippen molar-refractivity contribution in [3.63, 3.8) is 0 Å². The number of para-hydroxylation sites is 4. The maximum absolute atomic E-state index is 6.90. The van der Waals surface area contributed by atoms with Crippen LogP contribution in [-0.2, 0) is 26.5 Å². The van der Waals surface area contributed by atoms with E-state index in [0.29, 0.717) is 11.5 Å². The molecule has 2 aliphatic rings. The largest absolute Gasteiger partial charge is 0.509 e. The van der Waals surface area contributed by atoms with E-state index in [9.17, 15) is 0 Å². The van der Waals surface area contributed by atoms with Crippen molar-refractivity contribution < 1.29 is 25.8 Å². The van der Waals surface area contributed by atoms with Gasteiger partial charge in [-0.25, -0.2) is 9.97 Å². The van der Waals surface area contributed by atoms with E-state index in [-0.39, 0.29) is 26.5 Å². The minimum Gasteiger partial charge on any atom is -0.509 e. The molecule has 0 aliphatic carbocycles. The summed E-state index contributed by atoms with van der Waals surface area (Å²) in [6, 6.07) is 82.7. The molecule has 77 heavy (non-hydrogen) atoms. The van der Waals surface area contributed by atoms with Crippen LogP contribution in [0, 0.1) is 18.8 Å². The first-order chi connectivity index (χ1) is 37.4. The van der Waals surface area contributed by atoms with Gasteiger partial charge in [-0.05, 0) is 87.1 Å². The number of rotatable bonds is 7. The van der Waals surface area contributed by atoms with Gasteiger partial charge < -0.3 is 19.1 Å². The van der Waals surface area contributed by atoms with Gasteiger partial charge in [0, 0.05) is 101 Å². The number of anilines is 4. The van der Waals surface area contributed by atoms with Gasteiger partial charge in [-0.15, -0.1) is 48.1 Å². The summed E-state index contributed by atoms with van der Waals surface area (Å²) in [6.45, 7) is 8.91. The van der Waals surface area contributed by atoms with Gasteiger partial charge in [0.1, 0.15) is 11.5 Å². The number of nitrogens with zero attached hydrogens (tertiary/aromatic N) is 6. The molecule has 13 aromatic rings. The number of hydrogen-bond donors (Lipinski definition) is 0. The average Bonchev–Trinajstić information content (AvgIpc) is 4.29. The van der Waals surface area contributed by atoms with E-state index in [1.54, 1.807) is 0 Å². The van der Waals surface area contributed by atoms with E-state index < -0.39 is 0 Å². The topological polar surface area (TPSA) is 51.4 Å². The molecule has 0 saturated carbocycles. The van der Waals surface area contributed by atoms with E-state index in [2.05, 4.69) is 247 Å². The van der Waals surface area contributed by atoms with Crippen molar-refractivity contribution >= 4 is 66.5 Å². The van der Waals surface area contributed by atoms with Gasteiger partial charge >= 0.3 is 0 Å². The average molecular weight is 1170 g/mol. The summed E-state index contributed by atoms with van der Waals surface area (Å²) >= 11 is 0. The van der Waals surface area contributed by atoms with Crippen molar-refractivity contribution in [2.45, 2.75) is 26.2 Å². The number of benzene rings is 9. The van der Waals surface area contributed by atoms with Gasteiger partial charge in [-0.1, -0.05) is 160 Å². The second-order valence-electron chi connectivity index (χ2n) is 20.7. The normalized spacial score (nSPS) is 12.7. The summed E-state index contributed by atoms with van der Waals surface area (Å²) in [4.78, 5) is 14.7. The Bertz CT molecular complexity index is 4420. The fraction of sp³-hybridized carbons (Fsp3) is 0.0580. The zero-order valence-corrected chi connectivity index (χ0v) is 44.6. The Morgan fingerprint density at radius 2 is 1.13 bits per heavy atom. The fourth-order valence-electron chi connectivity index (χ4n) is 11.8. The molecule has 2 aliphatic heterocycles. The van der Waals surface area contributed by atoms with Crippen molar-refractivity contribution in [2.24, 2.45) is 0 Å². The molecule has 15 rings (SSSR count). The number of ether oxygens (including phenoxy) is 1. The third-order valence-electron chi connectivity index (χ3n) is 15.2. The molecule has 0 atom stereocenters. The zero-order valence-electron chi connectivity index (χ0n) is 42.3. The summed E-state index contributed by atoms with van der Waals surface area (Å²) in [5, 5.41) is 4.45. The Balaban J connectivity index is 0.00000540. The van der Waals surface area contributed by atoms with Gasteiger partial charge in [0.05, 0.1) is 11.2 Å². The number of fused-ring (bicyclic) bond motifs is 13. The van der Waals surface area contributed by atoms with E-state index >= 15 is 0 Å². The molecule has 372 valence electrons. The molecule has 0 N–H and O–H groups in total. The van der Waals surface area contributed by atoms with Crippen molar-refractivity contribution in [3.8, 4) is 67.5 Å². The summed E-state index contributed by atoms with van der Waals surface area (Å²) < 4.78 is 11.5. The van der Waals surface area contributed by atoms with Gasteiger partial charge in [-0.2, -0.15) is 12.1 Å². The van der Waals surface area contributed by atoms with Crippen LogP contribution >= 0.6 is 0 Å². The minimum absolute atomic E-state index is 0. The third kappa shape index (κ3) is 7.36. The van der Waals surface area contributed by atoms with Gasteiger partial charge in [0.2, 0.25) is 0 Å². The van der Waals surface area contributed by atoms with Crippen LogP contribution in [0.25, 0.3) is 99.8 Å². The van der Waals surface area contributed by atoms with Gasteiger partial charge in [0.25, 0.3) is 0 Å². The maximum Gasteiger partial charge on any atom is 0.145 e. The van der Waals surface area contributed by atoms with Gasteiger partial charge in [0.15, 0.2) is 0 Å². The first-order valence-corrected chi connectivity index (χ1v) is 25.8. The molecule has 6 heterocycles. The van der Waals surface area contributed by atoms with E-state index in [0.717, 1.165) is 106 Å². The Kier molecular flexibility index (Phi) is 10.9. The third-order valence-corrected chi connectivity index (χ3v) is 15.2. The molecule has 0 unspecified atom stereocenters. The van der Waals surface area contributed by atoms with Crippen LogP contribution in [0.5, 0.6) is 11.5 Å². The fourth-order valence-corrected chi connectivity index (χ4v) is 11.8. The molecule has 0 bridgehead atoms. The van der Waals surface area contributed by atoms with Crippen LogP contribution in [0.3, 0.4) is 0 Å². The second kappa shape index (κ2) is 18.1. The van der Waals surface area contributed by atoms with Crippen molar-refractivity contribution in [1.82, 2.24) is 19.1 Å². The Hall–Kier alpha value is -9.03. The van der Waals surface area contributed by atoms with Crippen LogP contribution in [0.1, 0.15) is 26.3 Å². The SMILES string of the molecule is CC(C)(C)c1ccnc(-n2c3[c-]c(Oc4[c-]c(N5[CH-]N(c6c(-c7ccccc7)cccc6-c6ccccc6)c6ccccc65)ccc4)ccc3c3c4c(ccc32)-n2c3ncccc3c3cccc(c32)-c2ccccc2-4)c1.[Pt]. The molecule has 0 amide bonds. The number of hydrogen-bond acceptors (Lipinski definition) is 5. The van der Waals surface area contributed by atoms with Gasteiger partial charge in [-0.3, -0.25) is 4.57 Å². The monoisotopic (exact) mass is 1170 g/mol. The summed E-state index contributed by atoms with van der Waals surface area (Å²) in [7, 11) is 0. The van der Waals surface area contributed by atoms with E-state index in [4.69, 9.17) is 14.7 Å². The Morgan fingerprint density at radius 1 is 0.481 bits per heavy atom. The van der Waals surface area contributed by atoms with Crippen LogP contribution in [0.2, 0.25) is 0 Å². The summed E-state index contributed by atoms with van der Waals surface area (Å²) in [6.07, 6.45) is 3.82.